The molecule has 7 heteroatoms. The Balaban J connectivity index is 1.74. The molecule has 27 heavy (non-hydrogen) atoms. The Morgan fingerprint density at radius 3 is 2.81 bits per heavy atom. The Kier molecular flexibility index (Phi) is 4.19. The van der Waals surface area contributed by atoms with Crippen LogP contribution in [0.4, 0.5) is 0 Å². The summed E-state index contributed by atoms with van der Waals surface area (Å²) in [5, 5.41) is 12.7. The van der Waals surface area contributed by atoms with Crippen molar-refractivity contribution >= 4 is 16.9 Å². The molecule has 0 aliphatic carbocycles. The number of carboxylic acid groups (broad SMARTS) is 1. The Morgan fingerprint density at radius 1 is 1.33 bits per heavy atom. The number of aromatic nitrogens is 2. The zero-order chi connectivity index (χ0) is 19.2. The lowest BCUT2D eigenvalue weighted by Gasteiger charge is -2.35. The number of carbonyl (C=O) groups is 1. The molecule has 1 aromatic carbocycles. The average Bonchev–Trinajstić information content (AvgIpc) is 3.17. The van der Waals surface area contributed by atoms with E-state index in [1.54, 1.807) is 10.6 Å². The quantitative estimate of drug-likeness (QED) is 0.734. The fraction of sp³-hybridized carbons (Fsp3) is 0.400. The molecule has 2 aromatic heterocycles. The highest BCUT2D eigenvalue weighted by Gasteiger charge is 2.30. The molecule has 0 bridgehead atoms. The standard InChI is InChI=1S/C20H22N2O5/c1-20(2)10-13(5-6-26-20)12-3-4-16-14(7-12)8-17(19(24)25)22(16)11-15-9-18(23)21-27-15/h3-4,7-9,13H,5-6,10-11H2,1-2H3,(H,21,23)(H,24,25). The second-order valence-corrected chi connectivity index (χ2v) is 7.72. The summed E-state index contributed by atoms with van der Waals surface area (Å²) < 4.78 is 12.6. The van der Waals surface area contributed by atoms with Gasteiger partial charge < -0.3 is 18.9 Å². The van der Waals surface area contributed by atoms with E-state index in [0.29, 0.717) is 11.7 Å². The normalized spacial score (nSPS) is 19.4. The van der Waals surface area contributed by atoms with E-state index in [1.165, 1.54) is 11.6 Å². The van der Waals surface area contributed by atoms with Crippen LogP contribution in [-0.2, 0) is 11.3 Å². The summed E-state index contributed by atoms with van der Waals surface area (Å²) in [6.45, 7) is 5.10. The molecule has 0 radical (unpaired) electrons. The van der Waals surface area contributed by atoms with Crippen molar-refractivity contribution in [2.45, 2.75) is 44.8 Å². The van der Waals surface area contributed by atoms with E-state index >= 15 is 0 Å². The van der Waals surface area contributed by atoms with Crippen LogP contribution in [0.2, 0.25) is 0 Å². The lowest BCUT2D eigenvalue weighted by atomic mass is 9.83. The zero-order valence-corrected chi connectivity index (χ0v) is 15.3. The molecule has 1 aliphatic heterocycles. The third-order valence-corrected chi connectivity index (χ3v) is 5.20. The van der Waals surface area contributed by atoms with Gasteiger partial charge in [-0.2, -0.15) is 5.16 Å². The van der Waals surface area contributed by atoms with Gasteiger partial charge in [-0.1, -0.05) is 6.07 Å². The lowest BCUT2D eigenvalue weighted by molar-refractivity contribution is -0.0592. The first-order valence-electron chi connectivity index (χ1n) is 9.00. The number of ether oxygens (including phenoxy) is 1. The van der Waals surface area contributed by atoms with Crippen molar-refractivity contribution in [2.75, 3.05) is 6.61 Å². The summed E-state index contributed by atoms with van der Waals surface area (Å²) in [6.07, 6.45) is 1.88. The molecule has 0 amide bonds. The number of nitrogens with one attached hydrogen (secondary N) is 1. The van der Waals surface area contributed by atoms with Crippen LogP contribution in [0.1, 0.15) is 54.4 Å². The molecule has 2 N–H and O–H groups in total. The van der Waals surface area contributed by atoms with Crippen LogP contribution in [0, 0.1) is 0 Å². The fourth-order valence-electron chi connectivity index (χ4n) is 3.96. The molecule has 1 atom stereocenters. The number of nitrogens with zero attached hydrogens (tertiary/aromatic N) is 1. The summed E-state index contributed by atoms with van der Waals surface area (Å²) in [4.78, 5) is 23.0. The second-order valence-electron chi connectivity index (χ2n) is 7.72. The zero-order valence-electron chi connectivity index (χ0n) is 15.3. The number of aromatic carboxylic acids is 1. The summed E-state index contributed by atoms with van der Waals surface area (Å²) in [7, 11) is 0. The van der Waals surface area contributed by atoms with E-state index in [4.69, 9.17) is 9.26 Å². The van der Waals surface area contributed by atoms with E-state index < -0.39 is 5.97 Å². The lowest BCUT2D eigenvalue weighted by Crippen LogP contribution is -2.32. The van der Waals surface area contributed by atoms with E-state index in [9.17, 15) is 14.7 Å². The summed E-state index contributed by atoms with van der Waals surface area (Å²) in [5.41, 5.74) is 1.66. The highest BCUT2D eigenvalue weighted by molar-refractivity contribution is 5.95. The average molecular weight is 370 g/mol. The first-order chi connectivity index (χ1) is 12.8. The molecular formula is C20H22N2O5. The number of benzene rings is 1. The molecule has 1 unspecified atom stereocenters. The van der Waals surface area contributed by atoms with E-state index in [2.05, 4.69) is 31.1 Å². The third kappa shape index (κ3) is 3.42. The minimum absolute atomic E-state index is 0.151. The number of carboxylic acids is 1. The molecule has 0 saturated carbocycles. The van der Waals surface area contributed by atoms with Gasteiger partial charge in [-0.3, -0.25) is 4.79 Å². The number of rotatable bonds is 4. The molecule has 3 aromatic rings. The van der Waals surface area contributed by atoms with Crippen LogP contribution in [0.15, 0.2) is 39.6 Å². The highest BCUT2D eigenvalue weighted by Crippen LogP contribution is 2.37. The SMILES string of the molecule is CC1(C)CC(c2ccc3c(c2)cc(C(=O)O)n3Cc2cc(=O)[nH]o2)CCO1. The van der Waals surface area contributed by atoms with Crippen molar-refractivity contribution < 1.29 is 19.2 Å². The molecule has 1 fully saturated rings. The van der Waals surface area contributed by atoms with Crippen molar-refractivity contribution in [1.82, 2.24) is 9.72 Å². The molecule has 1 saturated heterocycles. The van der Waals surface area contributed by atoms with Gasteiger partial charge in [-0.15, -0.1) is 0 Å². The molecule has 1 aliphatic rings. The number of aromatic amines is 1. The first-order valence-corrected chi connectivity index (χ1v) is 9.00. The molecule has 142 valence electrons. The van der Waals surface area contributed by atoms with Crippen molar-refractivity contribution in [1.29, 1.82) is 0 Å². The van der Waals surface area contributed by atoms with Crippen molar-refractivity contribution in [3.63, 3.8) is 0 Å². The maximum atomic E-state index is 11.7. The van der Waals surface area contributed by atoms with Gasteiger partial charge in [-0.05, 0) is 56.4 Å². The van der Waals surface area contributed by atoms with Gasteiger partial charge >= 0.3 is 5.97 Å². The Labute approximate surface area is 155 Å². The topological polar surface area (TPSA) is 97.5 Å². The second kappa shape index (κ2) is 6.42. The number of H-pyrrole nitrogens is 1. The number of fused-ring (bicyclic) bond motifs is 1. The minimum atomic E-state index is -1.02. The molecular weight excluding hydrogens is 348 g/mol. The van der Waals surface area contributed by atoms with Gasteiger partial charge in [0.25, 0.3) is 5.56 Å². The van der Waals surface area contributed by atoms with Crippen LogP contribution in [-0.4, -0.2) is 33.0 Å². The minimum Gasteiger partial charge on any atom is -0.477 e. The van der Waals surface area contributed by atoms with Crippen molar-refractivity contribution in [3.8, 4) is 0 Å². The van der Waals surface area contributed by atoms with Gasteiger partial charge in [-0.25, -0.2) is 4.79 Å². The third-order valence-electron chi connectivity index (χ3n) is 5.20. The fourth-order valence-corrected chi connectivity index (χ4v) is 3.96. The van der Waals surface area contributed by atoms with Crippen LogP contribution < -0.4 is 5.56 Å². The molecule has 4 rings (SSSR count). The van der Waals surface area contributed by atoms with Crippen molar-refractivity contribution in [2.24, 2.45) is 0 Å². The number of hydrogen-bond donors (Lipinski definition) is 2. The number of hydrogen-bond acceptors (Lipinski definition) is 4. The maximum Gasteiger partial charge on any atom is 0.352 e. The smallest absolute Gasteiger partial charge is 0.352 e. The van der Waals surface area contributed by atoms with E-state index in [0.717, 1.165) is 30.4 Å². The molecule has 3 heterocycles. The van der Waals surface area contributed by atoms with Crippen LogP contribution in [0.25, 0.3) is 10.9 Å². The summed E-state index contributed by atoms with van der Waals surface area (Å²) in [5.74, 6) is -0.245. The highest BCUT2D eigenvalue weighted by atomic mass is 16.5. The van der Waals surface area contributed by atoms with E-state index in [1.807, 2.05) is 6.07 Å². The largest absolute Gasteiger partial charge is 0.477 e. The van der Waals surface area contributed by atoms with Gasteiger partial charge in [0.15, 0.2) is 5.76 Å². The Bertz CT molecular complexity index is 1060. The van der Waals surface area contributed by atoms with Crippen LogP contribution in [0.5, 0.6) is 0 Å². The van der Waals surface area contributed by atoms with Crippen LogP contribution >= 0.6 is 0 Å². The van der Waals surface area contributed by atoms with E-state index in [-0.39, 0.29) is 23.4 Å². The maximum absolute atomic E-state index is 11.7. The first kappa shape index (κ1) is 17.6. The van der Waals surface area contributed by atoms with Gasteiger partial charge in [0.05, 0.1) is 12.1 Å². The van der Waals surface area contributed by atoms with Gasteiger partial charge in [0, 0.05) is 23.6 Å². The predicted octanol–water partition coefficient (Wildman–Crippen LogP) is 3.34. The van der Waals surface area contributed by atoms with Crippen LogP contribution in [0.3, 0.4) is 0 Å². The Hall–Kier alpha value is -2.80. The van der Waals surface area contributed by atoms with Gasteiger partial charge in [0.2, 0.25) is 0 Å². The van der Waals surface area contributed by atoms with Gasteiger partial charge in [0.1, 0.15) is 5.69 Å². The summed E-state index contributed by atoms with van der Waals surface area (Å²) >= 11 is 0. The molecule has 0 spiro atoms. The monoisotopic (exact) mass is 370 g/mol. The molecule has 7 nitrogen and oxygen atoms in total. The predicted molar refractivity (Wildman–Crippen MR) is 99.3 cm³/mol. The summed E-state index contributed by atoms with van der Waals surface area (Å²) in [6, 6.07) is 9.08. The van der Waals surface area contributed by atoms with Crippen molar-refractivity contribution in [3.05, 3.63) is 57.7 Å². The Morgan fingerprint density at radius 2 is 2.15 bits per heavy atom.